The first-order valence-electron chi connectivity index (χ1n) is 5.06. The third-order valence-electron chi connectivity index (χ3n) is 2.61. The molecule has 2 atom stereocenters. The standard InChI is InChI=1S/C10H20IN/c1-3-4-6-12(2)7-5-9-8-10(9)11/h9-10H,3-8H2,1-2H3. The Labute approximate surface area is 90.0 Å². The van der Waals surface area contributed by atoms with Gasteiger partial charge in [0, 0.05) is 3.92 Å². The van der Waals surface area contributed by atoms with Gasteiger partial charge >= 0.3 is 0 Å². The third kappa shape index (κ3) is 4.08. The first kappa shape index (κ1) is 10.8. The molecule has 0 bridgehead atoms. The molecule has 0 spiro atoms. The lowest BCUT2D eigenvalue weighted by molar-refractivity contribution is 0.317. The number of unbranched alkanes of at least 4 members (excludes halogenated alkanes) is 1. The van der Waals surface area contributed by atoms with Gasteiger partial charge in [-0.1, -0.05) is 35.9 Å². The fraction of sp³-hybridized carbons (Fsp3) is 1.00. The lowest BCUT2D eigenvalue weighted by atomic mass is 10.2. The second-order valence-electron chi connectivity index (χ2n) is 3.96. The maximum atomic E-state index is 2.57. The molecule has 0 radical (unpaired) electrons. The Hall–Kier alpha value is 0.690. The van der Waals surface area contributed by atoms with E-state index in [1.807, 2.05) is 0 Å². The fourth-order valence-electron chi connectivity index (χ4n) is 1.44. The molecule has 0 amide bonds. The monoisotopic (exact) mass is 281 g/mol. The van der Waals surface area contributed by atoms with Gasteiger partial charge < -0.3 is 4.90 Å². The minimum absolute atomic E-state index is 1.00. The minimum atomic E-state index is 1.00. The van der Waals surface area contributed by atoms with E-state index in [0.29, 0.717) is 0 Å². The molecular weight excluding hydrogens is 261 g/mol. The first-order chi connectivity index (χ1) is 5.74. The first-order valence-corrected chi connectivity index (χ1v) is 6.31. The molecule has 0 aliphatic heterocycles. The van der Waals surface area contributed by atoms with E-state index >= 15 is 0 Å². The number of halogens is 1. The SMILES string of the molecule is CCCCN(C)CCC1CC1I. The largest absolute Gasteiger partial charge is 0.306 e. The van der Waals surface area contributed by atoms with Crippen LogP contribution in [0.25, 0.3) is 0 Å². The van der Waals surface area contributed by atoms with Gasteiger partial charge in [0.2, 0.25) is 0 Å². The van der Waals surface area contributed by atoms with Crippen LogP contribution in [0.5, 0.6) is 0 Å². The number of nitrogens with zero attached hydrogens (tertiary/aromatic N) is 1. The highest BCUT2D eigenvalue weighted by molar-refractivity contribution is 14.1. The fourth-order valence-corrected chi connectivity index (χ4v) is 2.45. The summed E-state index contributed by atoms with van der Waals surface area (Å²) < 4.78 is 1.00. The van der Waals surface area contributed by atoms with Crippen LogP contribution in [0.2, 0.25) is 0 Å². The lowest BCUT2D eigenvalue weighted by Crippen LogP contribution is -2.21. The van der Waals surface area contributed by atoms with Crippen molar-refractivity contribution >= 4 is 22.6 Å². The summed E-state index contributed by atoms with van der Waals surface area (Å²) in [4.78, 5) is 2.48. The second kappa shape index (κ2) is 5.43. The predicted octanol–water partition coefficient (Wildman–Crippen LogP) is 2.93. The van der Waals surface area contributed by atoms with Crippen LogP contribution in [0.4, 0.5) is 0 Å². The molecule has 1 fully saturated rings. The molecule has 1 nitrogen and oxygen atoms in total. The number of hydrogen-bond acceptors (Lipinski definition) is 1. The van der Waals surface area contributed by atoms with E-state index in [1.165, 1.54) is 38.8 Å². The maximum absolute atomic E-state index is 2.57. The molecule has 0 heterocycles. The summed E-state index contributed by atoms with van der Waals surface area (Å²) in [6.07, 6.45) is 5.58. The van der Waals surface area contributed by atoms with Gasteiger partial charge in [-0.15, -0.1) is 0 Å². The summed E-state index contributed by atoms with van der Waals surface area (Å²) >= 11 is 2.57. The van der Waals surface area contributed by atoms with Crippen LogP contribution in [0.15, 0.2) is 0 Å². The highest BCUT2D eigenvalue weighted by Gasteiger charge is 2.33. The summed E-state index contributed by atoms with van der Waals surface area (Å²) in [7, 11) is 2.25. The van der Waals surface area contributed by atoms with Gasteiger partial charge in [0.25, 0.3) is 0 Å². The topological polar surface area (TPSA) is 3.24 Å². The molecule has 1 saturated carbocycles. The average molecular weight is 281 g/mol. The molecule has 0 N–H and O–H groups in total. The molecule has 72 valence electrons. The molecule has 1 aliphatic carbocycles. The van der Waals surface area contributed by atoms with Crippen LogP contribution in [-0.2, 0) is 0 Å². The van der Waals surface area contributed by atoms with Crippen LogP contribution < -0.4 is 0 Å². The van der Waals surface area contributed by atoms with E-state index in [9.17, 15) is 0 Å². The Morgan fingerprint density at radius 2 is 2.08 bits per heavy atom. The van der Waals surface area contributed by atoms with Crippen molar-refractivity contribution in [1.82, 2.24) is 4.90 Å². The van der Waals surface area contributed by atoms with Crippen LogP contribution in [0, 0.1) is 5.92 Å². The molecule has 0 saturated heterocycles. The van der Waals surface area contributed by atoms with Gasteiger partial charge in [-0.2, -0.15) is 0 Å². The van der Waals surface area contributed by atoms with Crippen molar-refractivity contribution in [2.75, 3.05) is 20.1 Å². The van der Waals surface area contributed by atoms with Crippen LogP contribution in [0.1, 0.15) is 32.6 Å². The van der Waals surface area contributed by atoms with Gasteiger partial charge in [-0.05, 0) is 45.3 Å². The van der Waals surface area contributed by atoms with Crippen molar-refractivity contribution in [3.05, 3.63) is 0 Å². The molecule has 0 aromatic heterocycles. The summed E-state index contributed by atoms with van der Waals surface area (Å²) in [6.45, 7) is 4.86. The molecule has 1 rings (SSSR count). The third-order valence-corrected chi connectivity index (χ3v) is 4.14. The Bertz CT molecular complexity index is 127. The molecule has 2 heteroatoms. The van der Waals surface area contributed by atoms with Gasteiger partial charge in [0.1, 0.15) is 0 Å². The van der Waals surface area contributed by atoms with Crippen molar-refractivity contribution in [3.63, 3.8) is 0 Å². The molecule has 0 aromatic carbocycles. The van der Waals surface area contributed by atoms with Crippen molar-refractivity contribution in [3.8, 4) is 0 Å². The van der Waals surface area contributed by atoms with E-state index in [0.717, 1.165) is 9.84 Å². The number of alkyl halides is 1. The predicted molar refractivity (Wildman–Crippen MR) is 62.9 cm³/mol. The number of hydrogen-bond donors (Lipinski definition) is 0. The summed E-state index contributed by atoms with van der Waals surface area (Å²) in [5.41, 5.74) is 0. The van der Waals surface area contributed by atoms with Gasteiger partial charge in [-0.25, -0.2) is 0 Å². The molecule has 1 aliphatic rings. The zero-order chi connectivity index (χ0) is 8.97. The summed E-state index contributed by atoms with van der Waals surface area (Å²) in [5, 5.41) is 0. The van der Waals surface area contributed by atoms with Crippen molar-refractivity contribution < 1.29 is 0 Å². The van der Waals surface area contributed by atoms with Gasteiger partial charge in [0.05, 0.1) is 0 Å². The zero-order valence-electron chi connectivity index (χ0n) is 8.22. The summed E-state index contributed by atoms with van der Waals surface area (Å²) in [6, 6.07) is 0. The molecular formula is C10H20IN. The normalized spacial score (nSPS) is 28.0. The van der Waals surface area contributed by atoms with Crippen molar-refractivity contribution in [1.29, 1.82) is 0 Å². The lowest BCUT2D eigenvalue weighted by Gasteiger charge is -2.15. The minimum Gasteiger partial charge on any atom is -0.306 e. The second-order valence-corrected chi connectivity index (χ2v) is 5.56. The zero-order valence-corrected chi connectivity index (χ0v) is 10.4. The van der Waals surface area contributed by atoms with E-state index in [2.05, 4.69) is 41.5 Å². The van der Waals surface area contributed by atoms with E-state index in [4.69, 9.17) is 0 Å². The Balaban J connectivity index is 1.91. The van der Waals surface area contributed by atoms with Crippen LogP contribution >= 0.6 is 22.6 Å². The van der Waals surface area contributed by atoms with Crippen LogP contribution in [-0.4, -0.2) is 29.0 Å². The van der Waals surface area contributed by atoms with Gasteiger partial charge in [-0.3, -0.25) is 0 Å². The highest BCUT2D eigenvalue weighted by Crippen LogP contribution is 2.40. The van der Waals surface area contributed by atoms with Crippen molar-refractivity contribution in [2.45, 2.75) is 36.5 Å². The smallest absolute Gasteiger partial charge is 0.0142 e. The molecule has 12 heavy (non-hydrogen) atoms. The average Bonchev–Trinajstić information content (AvgIpc) is 2.75. The van der Waals surface area contributed by atoms with E-state index in [1.54, 1.807) is 0 Å². The van der Waals surface area contributed by atoms with Gasteiger partial charge in [0.15, 0.2) is 0 Å². The molecule has 2 unspecified atom stereocenters. The number of rotatable bonds is 6. The Morgan fingerprint density at radius 1 is 1.42 bits per heavy atom. The quantitative estimate of drug-likeness (QED) is 0.534. The Kier molecular flexibility index (Phi) is 4.87. The van der Waals surface area contributed by atoms with E-state index in [-0.39, 0.29) is 0 Å². The van der Waals surface area contributed by atoms with Crippen molar-refractivity contribution in [2.24, 2.45) is 5.92 Å². The summed E-state index contributed by atoms with van der Waals surface area (Å²) in [5.74, 6) is 1.05. The maximum Gasteiger partial charge on any atom is 0.0142 e. The highest BCUT2D eigenvalue weighted by atomic mass is 127. The van der Waals surface area contributed by atoms with E-state index < -0.39 is 0 Å². The molecule has 0 aromatic rings. The van der Waals surface area contributed by atoms with Crippen LogP contribution in [0.3, 0.4) is 0 Å². The Morgan fingerprint density at radius 3 is 2.58 bits per heavy atom.